The van der Waals surface area contributed by atoms with Gasteiger partial charge < -0.3 is 5.11 Å². The van der Waals surface area contributed by atoms with Crippen molar-refractivity contribution in [2.24, 2.45) is 5.41 Å². The molecule has 128 valence electrons. The second-order valence-corrected chi connectivity index (χ2v) is 8.60. The Morgan fingerprint density at radius 1 is 1.16 bits per heavy atom. The third kappa shape index (κ3) is 2.60. The lowest BCUT2D eigenvalue weighted by atomic mass is 10.0. The highest BCUT2D eigenvalue weighted by Crippen LogP contribution is 2.64. The molecule has 7 heteroatoms. The number of carboxylic acid groups (broad SMARTS) is 1. The van der Waals surface area contributed by atoms with E-state index in [1.54, 1.807) is 42.5 Å². The number of carboxylic acids is 1. The fourth-order valence-corrected chi connectivity index (χ4v) is 5.57. The van der Waals surface area contributed by atoms with Crippen molar-refractivity contribution in [1.82, 2.24) is 0 Å². The van der Waals surface area contributed by atoms with E-state index >= 15 is 0 Å². The zero-order valence-corrected chi connectivity index (χ0v) is 14.8. The fourth-order valence-electron chi connectivity index (χ4n) is 3.20. The molecule has 1 N–H and O–H groups in total. The number of benzene rings is 2. The molecule has 0 radical (unpaired) electrons. The molecular formula is C18H14ClNO4S. The van der Waals surface area contributed by atoms with Crippen molar-refractivity contribution in [2.75, 3.05) is 0 Å². The maximum Gasteiger partial charge on any atom is 0.326 e. The highest BCUT2D eigenvalue weighted by molar-refractivity contribution is 7.92. The number of hydrogen-bond acceptors (Lipinski definition) is 4. The van der Waals surface area contributed by atoms with Gasteiger partial charge in [-0.15, -0.1) is 0 Å². The Kier molecular flexibility index (Phi) is 4.10. The zero-order chi connectivity index (χ0) is 18.4. The molecule has 1 aliphatic rings. The van der Waals surface area contributed by atoms with Gasteiger partial charge in [0, 0.05) is 10.9 Å². The molecule has 2 aromatic carbocycles. The largest absolute Gasteiger partial charge is 0.480 e. The van der Waals surface area contributed by atoms with Gasteiger partial charge in [-0.1, -0.05) is 41.4 Å². The minimum absolute atomic E-state index is 0.0143. The van der Waals surface area contributed by atoms with E-state index in [-0.39, 0.29) is 4.90 Å². The molecule has 2 aromatic rings. The Morgan fingerprint density at radius 3 is 2.20 bits per heavy atom. The minimum atomic E-state index is -3.99. The average Bonchev–Trinajstić information content (AvgIpc) is 3.27. The van der Waals surface area contributed by atoms with Crippen LogP contribution >= 0.6 is 11.6 Å². The number of rotatable bonds is 4. The van der Waals surface area contributed by atoms with Crippen LogP contribution in [0.25, 0.3) is 0 Å². The van der Waals surface area contributed by atoms with Gasteiger partial charge in [-0.3, -0.25) is 4.79 Å². The van der Waals surface area contributed by atoms with Gasteiger partial charge in [-0.05, 0) is 36.8 Å². The van der Waals surface area contributed by atoms with E-state index in [0.717, 1.165) is 5.56 Å². The quantitative estimate of drug-likeness (QED) is 0.885. The summed E-state index contributed by atoms with van der Waals surface area (Å²) in [6.45, 7) is 1.82. The molecule has 5 nitrogen and oxygen atoms in total. The highest BCUT2D eigenvalue weighted by atomic mass is 35.5. The molecule has 0 amide bonds. The van der Waals surface area contributed by atoms with Crippen LogP contribution in [0.4, 0.5) is 0 Å². The molecular weight excluding hydrogens is 362 g/mol. The number of halogens is 1. The SMILES string of the molecule is Cc1ccc(S(=O)(=O)[C@@H]2[C@@H](c3ccc(Cl)cc3)[C@@]2(C#N)C(=O)O)cc1. The second kappa shape index (κ2) is 5.87. The minimum Gasteiger partial charge on any atom is -0.480 e. The predicted molar refractivity (Wildman–Crippen MR) is 92.0 cm³/mol. The first-order valence-electron chi connectivity index (χ1n) is 7.46. The maximum atomic E-state index is 13.0. The molecule has 0 unspecified atom stereocenters. The number of nitriles is 1. The predicted octanol–water partition coefficient (Wildman–Crippen LogP) is 3.18. The Labute approximate surface area is 150 Å². The number of carbonyl (C=O) groups is 1. The third-order valence-electron chi connectivity index (χ3n) is 4.58. The maximum absolute atomic E-state index is 13.0. The van der Waals surface area contributed by atoms with E-state index in [9.17, 15) is 23.6 Å². The van der Waals surface area contributed by atoms with E-state index in [1.165, 1.54) is 12.1 Å². The molecule has 0 aliphatic heterocycles. The number of hydrogen-bond donors (Lipinski definition) is 1. The van der Waals surface area contributed by atoms with Crippen LogP contribution in [0.1, 0.15) is 17.0 Å². The fraction of sp³-hybridized carbons (Fsp3) is 0.222. The Bertz CT molecular complexity index is 977. The average molecular weight is 376 g/mol. The Morgan fingerprint density at radius 2 is 1.72 bits per heavy atom. The molecule has 0 aromatic heterocycles. The molecule has 0 bridgehead atoms. The van der Waals surface area contributed by atoms with Crippen LogP contribution in [0, 0.1) is 23.7 Å². The van der Waals surface area contributed by atoms with Gasteiger partial charge in [0.25, 0.3) is 0 Å². The molecule has 1 fully saturated rings. The Balaban J connectivity index is 2.12. The van der Waals surface area contributed by atoms with Gasteiger partial charge in [-0.25, -0.2) is 8.42 Å². The number of sulfone groups is 1. The molecule has 0 spiro atoms. The van der Waals surface area contributed by atoms with Gasteiger partial charge in [0.15, 0.2) is 15.3 Å². The van der Waals surface area contributed by atoms with E-state index in [0.29, 0.717) is 10.6 Å². The first-order chi connectivity index (χ1) is 11.7. The smallest absolute Gasteiger partial charge is 0.326 e. The summed E-state index contributed by atoms with van der Waals surface area (Å²) in [5, 5.41) is 18.2. The zero-order valence-electron chi connectivity index (χ0n) is 13.2. The van der Waals surface area contributed by atoms with Gasteiger partial charge in [0.2, 0.25) is 0 Å². The van der Waals surface area contributed by atoms with Crippen LogP contribution in [0.15, 0.2) is 53.4 Å². The van der Waals surface area contributed by atoms with E-state index in [2.05, 4.69) is 0 Å². The van der Waals surface area contributed by atoms with Crippen LogP contribution in [0.3, 0.4) is 0 Å². The summed E-state index contributed by atoms with van der Waals surface area (Å²) in [4.78, 5) is 11.8. The molecule has 1 saturated carbocycles. The monoisotopic (exact) mass is 375 g/mol. The first-order valence-corrected chi connectivity index (χ1v) is 9.38. The van der Waals surface area contributed by atoms with Crippen molar-refractivity contribution in [3.05, 3.63) is 64.7 Å². The number of aliphatic carboxylic acids is 1. The summed E-state index contributed by atoms with van der Waals surface area (Å²) >= 11 is 5.84. The molecule has 0 heterocycles. The standard InChI is InChI=1S/C18H14ClNO4S/c1-11-2-8-14(9-3-11)25(23,24)16-15(18(16,10-20)17(21)22)12-4-6-13(19)7-5-12/h2-9,15-16H,1H3,(H,21,22)/t15-,16-,18-/m1/s1. The van der Waals surface area contributed by atoms with Crippen LogP contribution < -0.4 is 0 Å². The third-order valence-corrected chi connectivity index (χ3v) is 7.08. The van der Waals surface area contributed by atoms with E-state index in [1.807, 2.05) is 6.92 Å². The van der Waals surface area contributed by atoms with Crippen molar-refractivity contribution in [2.45, 2.75) is 23.0 Å². The van der Waals surface area contributed by atoms with Crippen molar-refractivity contribution in [3.63, 3.8) is 0 Å². The Hall–Kier alpha value is -2.36. The number of aryl methyl sites for hydroxylation is 1. The lowest BCUT2D eigenvalue weighted by molar-refractivity contribution is -0.141. The van der Waals surface area contributed by atoms with Crippen molar-refractivity contribution < 1.29 is 18.3 Å². The number of nitrogens with zero attached hydrogens (tertiary/aromatic N) is 1. The summed E-state index contributed by atoms with van der Waals surface area (Å²) in [6, 6.07) is 14.1. The normalized spacial score (nSPS) is 25.2. The van der Waals surface area contributed by atoms with Crippen LogP contribution in [0.5, 0.6) is 0 Å². The van der Waals surface area contributed by atoms with Crippen LogP contribution in [-0.2, 0) is 14.6 Å². The van der Waals surface area contributed by atoms with E-state index < -0.39 is 32.4 Å². The molecule has 3 rings (SSSR count). The topological polar surface area (TPSA) is 95.2 Å². The van der Waals surface area contributed by atoms with Crippen LogP contribution in [0.2, 0.25) is 5.02 Å². The lowest BCUT2D eigenvalue weighted by Crippen LogP contribution is -2.22. The van der Waals surface area contributed by atoms with Crippen molar-refractivity contribution in [1.29, 1.82) is 5.26 Å². The molecule has 25 heavy (non-hydrogen) atoms. The summed E-state index contributed by atoms with van der Waals surface area (Å²) in [6.07, 6.45) is 0. The first kappa shape index (κ1) is 17.5. The summed E-state index contributed by atoms with van der Waals surface area (Å²) in [5.74, 6) is -2.38. The molecule has 3 atom stereocenters. The highest BCUT2D eigenvalue weighted by Gasteiger charge is 2.77. The van der Waals surface area contributed by atoms with Crippen molar-refractivity contribution in [3.8, 4) is 6.07 Å². The van der Waals surface area contributed by atoms with Gasteiger partial charge >= 0.3 is 5.97 Å². The van der Waals surface area contributed by atoms with Crippen molar-refractivity contribution >= 4 is 27.4 Å². The summed E-state index contributed by atoms with van der Waals surface area (Å²) < 4.78 is 26.0. The van der Waals surface area contributed by atoms with E-state index in [4.69, 9.17) is 11.6 Å². The molecule has 1 aliphatic carbocycles. The second-order valence-electron chi connectivity index (χ2n) is 6.09. The van der Waals surface area contributed by atoms with Gasteiger partial charge in [0.1, 0.15) is 5.25 Å². The van der Waals surface area contributed by atoms with Gasteiger partial charge in [0.05, 0.1) is 11.0 Å². The summed E-state index contributed by atoms with van der Waals surface area (Å²) in [5.41, 5.74) is -0.653. The molecule has 0 saturated heterocycles. The van der Waals surface area contributed by atoms with Gasteiger partial charge in [-0.2, -0.15) is 5.26 Å². The summed E-state index contributed by atoms with van der Waals surface area (Å²) in [7, 11) is -3.99. The van der Waals surface area contributed by atoms with Crippen LogP contribution in [-0.4, -0.2) is 24.7 Å². The lowest BCUT2D eigenvalue weighted by Gasteiger charge is -2.05.